The molecule has 0 spiro atoms. The number of amides is 1. The third-order valence-corrected chi connectivity index (χ3v) is 4.50. The first-order valence-corrected chi connectivity index (χ1v) is 7.92. The molecule has 1 aromatic carbocycles. The summed E-state index contributed by atoms with van der Waals surface area (Å²) in [6, 6.07) is 11.2. The smallest absolute Gasteiger partial charge is 0.259 e. The Morgan fingerprint density at radius 3 is 2.56 bits per heavy atom. The lowest BCUT2D eigenvalue weighted by molar-refractivity contribution is -0.129. The molecule has 124 valence electrons. The molecule has 1 aliphatic heterocycles. The van der Waals surface area contributed by atoms with E-state index in [9.17, 15) is 9.59 Å². The molecule has 0 aliphatic carbocycles. The predicted molar refractivity (Wildman–Crippen MR) is 94.3 cm³/mol. The summed E-state index contributed by atoms with van der Waals surface area (Å²) in [6.45, 7) is 0. The van der Waals surface area contributed by atoms with Gasteiger partial charge in [-0.25, -0.2) is 5.01 Å². The lowest BCUT2D eigenvalue weighted by Crippen LogP contribution is -2.32. The van der Waals surface area contributed by atoms with Crippen molar-refractivity contribution in [1.29, 1.82) is 0 Å². The van der Waals surface area contributed by atoms with Crippen molar-refractivity contribution in [1.82, 2.24) is 14.6 Å². The van der Waals surface area contributed by atoms with E-state index in [-0.39, 0.29) is 11.7 Å². The highest BCUT2D eigenvalue weighted by Crippen LogP contribution is 2.28. The minimum atomic E-state index is -0.932. The van der Waals surface area contributed by atoms with E-state index in [4.69, 9.17) is 0 Å². The number of hydrogen-bond donors (Lipinski definition) is 0. The van der Waals surface area contributed by atoms with Crippen molar-refractivity contribution in [3.63, 3.8) is 0 Å². The van der Waals surface area contributed by atoms with Crippen LogP contribution in [0.25, 0.3) is 10.9 Å². The summed E-state index contributed by atoms with van der Waals surface area (Å²) in [7, 11) is 3.46. The number of carbonyl (C=O) groups excluding carboxylic acids is 2. The van der Waals surface area contributed by atoms with Crippen molar-refractivity contribution in [3.05, 3.63) is 66.1 Å². The maximum absolute atomic E-state index is 13.3. The van der Waals surface area contributed by atoms with Crippen molar-refractivity contribution in [2.24, 2.45) is 18.1 Å². The number of ketones is 1. The van der Waals surface area contributed by atoms with Gasteiger partial charge in [0, 0.05) is 54.7 Å². The molecule has 0 N–H and O–H groups in total. The highest BCUT2D eigenvalue weighted by atomic mass is 16.2. The van der Waals surface area contributed by atoms with Crippen LogP contribution >= 0.6 is 0 Å². The van der Waals surface area contributed by atoms with Crippen molar-refractivity contribution >= 4 is 28.3 Å². The van der Waals surface area contributed by atoms with E-state index in [1.807, 2.05) is 35.9 Å². The van der Waals surface area contributed by atoms with Crippen LogP contribution in [0.1, 0.15) is 15.9 Å². The number of pyridine rings is 1. The van der Waals surface area contributed by atoms with E-state index in [1.54, 1.807) is 37.8 Å². The molecular formula is C19H16N4O2. The third-order valence-electron chi connectivity index (χ3n) is 4.50. The number of aryl methyl sites for hydroxylation is 1. The van der Waals surface area contributed by atoms with Crippen LogP contribution in [0.4, 0.5) is 0 Å². The van der Waals surface area contributed by atoms with Gasteiger partial charge in [-0.2, -0.15) is 5.10 Å². The van der Waals surface area contributed by atoms with E-state index < -0.39 is 5.92 Å². The Labute approximate surface area is 144 Å². The highest BCUT2D eigenvalue weighted by molar-refractivity contribution is 6.32. The van der Waals surface area contributed by atoms with Gasteiger partial charge in [-0.3, -0.25) is 14.6 Å². The fraction of sp³-hybridized carbons (Fsp3) is 0.158. The van der Waals surface area contributed by atoms with Gasteiger partial charge in [-0.05, 0) is 18.2 Å². The predicted octanol–water partition coefficient (Wildman–Crippen LogP) is 2.25. The zero-order valence-corrected chi connectivity index (χ0v) is 13.9. The summed E-state index contributed by atoms with van der Waals surface area (Å²) in [5.74, 6) is -1.48. The van der Waals surface area contributed by atoms with Crippen LogP contribution in [-0.4, -0.2) is 39.0 Å². The van der Waals surface area contributed by atoms with E-state index >= 15 is 0 Å². The second-order valence-corrected chi connectivity index (χ2v) is 6.05. The molecule has 3 heterocycles. The van der Waals surface area contributed by atoms with Crippen LogP contribution in [-0.2, 0) is 11.8 Å². The fourth-order valence-corrected chi connectivity index (χ4v) is 3.25. The van der Waals surface area contributed by atoms with Crippen molar-refractivity contribution in [2.45, 2.75) is 0 Å². The van der Waals surface area contributed by atoms with Crippen LogP contribution < -0.4 is 0 Å². The van der Waals surface area contributed by atoms with Crippen LogP contribution in [0.5, 0.6) is 0 Å². The first-order valence-electron chi connectivity index (χ1n) is 7.92. The number of rotatable bonds is 3. The standard InChI is InChI=1S/C19H16N4O2/c1-22-11-14(13-5-3-4-6-15(13)22)18(24)16-17(21-23(2)19(16)25)12-7-9-20-10-8-12/h3-11,16H,1-2H3. The first-order chi connectivity index (χ1) is 12.1. The monoisotopic (exact) mass is 332 g/mol. The van der Waals surface area contributed by atoms with Gasteiger partial charge in [-0.15, -0.1) is 0 Å². The van der Waals surface area contributed by atoms with Gasteiger partial charge in [0.05, 0.1) is 5.71 Å². The number of hydrogen-bond acceptors (Lipinski definition) is 4. The Bertz CT molecular complexity index is 1020. The SMILES string of the molecule is CN1N=C(c2ccncc2)C(C(=O)c2cn(C)c3ccccc23)C1=O. The lowest BCUT2D eigenvalue weighted by atomic mass is 9.89. The quantitative estimate of drug-likeness (QED) is 0.546. The molecule has 0 fully saturated rings. The summed E-state index contributed by atoms with van der Waals surface area (Å²) >= 11 is 0. The van der Waals surface area contributed by atoms with E-state index in [2.05, 4.69) is 10.1 Å². The topological polar surface area (TPSA) is 67.6 Å². The van der Waals surface area contributed by atoms with Crippen molar-refractivity contribution in [3.8, 4) is 0 Å². The minimum Gasteiger partial charge on any atom is -0.350 e. The normalized spacial score (nSPS) is 17.2. The number of nitrogens with zero attached hydrogens (tertiary/aromatic N) is 4. The van der Waals surface area contributed by atoms with Crippen LogP contribution in [0, 0.1) is 5.92 Å². The Morgan fingerprint density at radius 2 is 1.80 bits per heavy atom. The number of Topliss-reactive ketones (excluding diaryl/α,β-unsaturated/α-hetero) is 1. The average molecular weight is 332 g/mol. The summed E-state index contributed by atoms with van der Waals surface area (Å²) < 4.78 is 1.90. The second-order valence-electron chi connectivity index (χ2n) is 6.05. The van der Waals surface area contributed by atoms with E-state index in [0.29, 0.717) is 11.3 Å². The average Bonchev–Trinajstić information content (AvgIpc) is 3.13. The van der Waals surface area contributed by atoms with Crippen molar-refractivity contribution < 1.29 is 9.59 Å². The Kier molecular flexibility index (Phi) is 3.46. The maximum Gasteiger partial charge on any atom is 0.259 e. The van der Waals surface area contributed by atoms with Gasteiger partial charge in [0.2, 0.25) is 0 Å². The number of benzene rings is 1. The summed E-state index contributed by atoms with van der Waals surface area (Å²) in [5, 5.41) is 6.38. The van der Waals surface area contributed by atoms with Crippen molar-refractivity contribution in [2.75, 3.05) is 7.05 Å². The molecule has 0 saturated heterocycles. The molecule has 6 heteroatoms. The molecule has 25 heavy (non-hydrogen) atoms. The molecule has 1 unspecified atom stereocenters. The molecule has 1 aliphatic rings. The number of carbonyl (C=O) groups is 2. The highest BCUT2D eigenvalue weighted by Gasteiger charge is 2.41. The molecule has 6 nitrogen and oxygen atoms in total. The lowest BCUT2D eigenvalue weighted by Gasteiger charge is -2.10. The molecular weight excluding hydrogens is 316 g/mol. The van der Waals surface area contributed by atoms with Crippen LogP contribution in [0.3, 0.4) is 0 Å². The molecule has 0 bridgehead atoms. The molecule has 4 rings (SSSR count). The zero-order chi connectivity index (χ0) is 17.6. The summed E-state index contributed by atoms with van der Waals surface area (Å²) in [4.78, 5) is 29.9. The number of aromatic nitrogens is 2. The van der Waals surface area contributed by atoms with Gasteiger partial charge < -0.3 is 4.57 Å². The van der Waals surface area contributed by atoms with E-state index in [0.717, 1.165) is 16.5 Å². The van der Waals surface area contributed by atoms with Crippen LogP contribution in [0.15, 0.2) is 60.1 Å². The van der Waals surface area contributed by atoms with Gasteiger partial charge in [0.25, 0.3) is 5.91 Å². The minimum absolute atomic E-state index is 0.235. The van der Waals surface area contributed by atoms with Gasteiger partial charge in [0.15, 0.2) is 5.78 Å². The molecule has 1 atom stereocenters. The molecule has 3 aromatic rings. The molecule has 2 aromatic heterocycles. The number of para-hydroxylation sites is 1. The second kappa shape index (κ2) is 5.66. The maximum atomic E-state index is 13.3. The zero-order valence-electron chi connectivity index (χ0n) is 13.9. The number of fused-ring (bicyclic) bond motifs is 1. The van der Waals surface area contributed by atoms with Gasteiger partial charge in [-0.1, -0.05) is 18.2 Å². The molecule has 0 radical (unpaired) electrons. The summed E-state index contributed by atoms with van der Waals surface area (Å²) in [5.41, 5.74) is 2.68. The summed E-state index contributed by atoms with van der Waals surface area (Å²) in [6.07, 6.45) is 5.03. The molecule has 0 saturated carbocycles. The largest absolute Gasteiger partial charge is 0.350 e. The molecule has 1 amide bonds. The number of hydrazone groups is 1. The van der Waals surface area contributed by atoms with E-state index in [1.165, 1.54) is 5.01 Å². The van der Waals surface area contributed by atoms with Crippen LogP contribution in [0.2, 0.25) is 0 Å². The Hall–Kier alpha value is -3.28. The Balaban J connectivity index is 1.83. The Morgan fingerprint density at radius 1 is 1.08 bits per heavy atom. The third kappa shape index (κ3) is 2.34. The first kappa shape index (κ1) is 15.3. The fourth-order valence-electron chi connectivity index (χ4n) is 3.25. The van der Waals surface area contributed by atoms with Gasteiger partial charge in [0.1, 0.15) is 5.92 Å². The van der Waals surface area contributed by atoms with Gasteiger partial charge >= 0.3 is 0 Å².